The Morgan fingerprint density at radius 1 is 1.13 bits per heavy atom. The van der Waals surface area contributed by atoms with Gasteiger partial charge in [-0.1, -0.05) is 45.9 Å². The van der Waals surface area contributed by atoms with Gasteiger partial charge in [0.2, 0.25) is 5.78 Å². The molecular weight excluding hydrogens is 390 g/mol. The van der Waals surface area contributed by atoms with E-state index in [1.54, 1.807) is 19.3 Å². The molecule has 1 N–H and O–H groups in total. The van der Waals surface area contributed by atoms with Crippen molar-refractivity contribution in [2.45, 2.75) is 41.2 Å². The Morgan fingerprint density at radius 2 is 1.77 bits per heavy atom. The van der Waals surface area contributed by atoms with E-state index in [1.165, 1.54) is 0 Å². The average Bonchev–Trinajstić information content (AvgIpc) is 3.01. The van der Waals surface area contributed by atoms with E-state index in [9.17, 15) is 9.90 Å². The first-order valence-corrected chi connectivity index (χ1v) is 10.9. The highest BCUT2D eigenvalue weighted by molar-refractivity contribution is 6.16. The standard InChI is InChI=1S/C26H33NO4/c1-16(2)13-27(14-17(3)4)15-20-21(28)11-18(5)24-25(29)23(31-26(20)24)12-19-9-7-8-10-22(19)30-6/h7-12,16-17,28H,13-15H2,1-6H3/b23-12+. The minimum atomic E-state index is -0.168. The van der Waals surface area contributed by atoms with Gasteiger partial charge in [0.15, 0.2) is 5.76 Å². The van der Waals surface area contributed by atoms with E-state index in [4.69, 9.17) is 9.47 Å². The van der Waals surface area contributed by atoms with Gasteiger partial charge in [-0.25, -0.2) is 0 Å². The van der Waals surface area contributed by atoms with Gasteiger partial charge in [0.1, 0.15) is 17.2 Å². The zero-order chi connectivity index (χ0) is 22.7. The van der Waals surface area contributed by atoms with Gasteiger partial charge in [-0.2, -0.15) is 0 Å². The molecule has 0 amide bonds. The molecule has 3 rings (SSSR count). The van der Waals surface area contributed by atoms with Crippen LogP contribution in [-0.4, -0.2) is 36.0 Å². The van der Waals surface area contributed by atoms with Gasteiger partial charge in [0.05, 0.1) is 18.2 Å². The summed E-state index contributed by atoms with van der Waals surface area (Å²) in [5, 5.41) is 10.8. The number of carbonyl (C=O) groups is 1. The first-order valence-electron chi connectivity index (χ1n) is 10.9. The molecule has 0 radical (unpaired) electrons. The lowest BCUT2D eigenvalue weighted by molar-refractivity contribution is 0.101. The molecule has 0 aromatic heterocycles. The van der Waals surface area contributed by atoms with Gasteiger partial charge >= 0.3 is 0 Å². The number of hydrogen-bond donors (Lipinski definition) is 1. The van der Waals surface area contributed by atoms with Crippen LogP contribution in [0, 0.1) is 18.8 Å². The molecule has 5 nitrogen and oxygen atoms in total. The third kappa shape index (κ3) is 5.10. The number of nitrogens with zero attached hydrogens (tertiary/aromatic N) is 1. The second-order valence-corrected chi connectivity index (χ2v) is 9.06. The first-order chi connectivity index (χ1) is 14.7. The molecule has 31 heavy (non-hydrogen) atoms. The number of rotatable bonds is 8. The second kappa shape index (κ2) is 9.56. The van der Waals surface area contributed by atoms with E-state index in [0.717, 1.165) is 18.7 Å². The van der Waals surface area contributed by atoms with Crippen LogP contribution < -0.4 is 9.47 Å². The van der Waals surface area contributed by atoms with Crippen LogP contribution in [0.2, 0.25) is 0 Å². The van der Waals surface area contributed by atoms with Crippen molar-refractivity contribution in [3.8, 4) is 17.2 Å². The zero-order valence-electron chi connectivity index (χ0n) is 19.4. The number of carbonyl (C=O) groups excluding carboxylic acids is 1. The van der Waals surface area contributed by atoms with E-state index in [1.807, 2.05) is 31.2 Å². The van der Waals surface area contributed by atoms with Crippen LogP contribution in [0.5, 0.6) is 17.2 Å². The molecule has 2 aromatic carbocycles. The van der Waals surface area contributed by atoms with E-state index in [0.29, 0.717) is 46.6 Å². The Balaban J connectivity index is 2.01. The average molecular weight is 424 g/mol. The molecule has 166 valence electrons. The molecule has 0 bridgehead atoms. The fraction of sp³-hybridized carbons (Fsp3) is 0.423. The van der Waals surface area contributed by atoms with Gasteiger partial charge in [-0.15, -0.1) is 0 Å². The summed E-state index contributed by atoms with van der Waals surface area (Å²) in [5.41, 5.74) is 2.68. The smallest absolute Gasteiger partial charge is 0.232 e. The van der Waals surface area contributed by atoms with Gasteiger partial charge in [0, 0.05) is 25.2 Å². The lowest BCUT2D eigenvalue weighted by Crippen LogP contribution is -2.31. The van der Waals surface area contributed by atoms with Crippen molar-refractivity contribution in [1.29, 1.82) is 0 Å². The van der Waals surface area contributed by atoms with Gasteiger partial charge in [-0.3, -0.25) is 9.69 Å². The Hall–Kier alpha value is -2.79. The summed E-state index contributed by atoms with van der Waals surface area (Å²) in [4.78, 5) is 15.5. The maximum absolute atomic E-state index is 13.2. The van der Waals surface area contributed by atoms with Gasteiger partial charge < -0.3 is 14.6 Å². The van der Waals surface area contributed by atoms with Crippen LogP contribution >= 0.6 is 0 Å². The monoisotopic (exact) mass is 423 g/mol. The summed E-state index contributed by atoms with van der Waals surface area (Å²) < 4.78 is 11.5. The Bertz CT molecular complexity index is 981. The number of hydrogen-bond acceptors (Lipinski definition) is 5. The van der Waals surface area contributed by atoms with Crippen LogP contribution in [0.15, 0.2) is 36.1 Å². The quantitative estimate of drug-likeness (QED) is 0.573. The number of fused-ring (bicyclic) bond motifs is 1. The minimum Gasteiger partial charge on any atom is -0.507 e. The molecule has 0 atom stereocenters. The van der Waals surface area contributed by atoms with Crippen LogP contribution in [0.3, 0.4) is 0 Å². The van der Waals surface area contributed by atoms with Crippen molar-refractivity contribution in [2.75, 3.05) is 20.2 Å². The van der Waals surface area contributed by atoms with Gasteiger partial charge in [-0.05, 0) is 42.5 Å². The minimum absolute atomic E-state index is 0.167. The molecular formula is C26H33NO4. The van der Waals surface area contributed by atoms with Crippen molar-refractivity contribution < 1.29 is 19.4 Å². The molecule has 0 saturated heterocycles. The highest BCUT2D eigenvalue weighted by Crippen LogP contribution is 2.42. The molecule has 5 heteroatoms. The summed E-state index contributed by atoms with van der Waals surface area (Å²) in [5.74, 6) is 2.36. The number of ether oxygens (including phenoxy) is 2. The summed E-state index contributed by atoms with van der Waals surface area (Å²) in [6.07, 6.45) is 1.71. The third-order valence-corrected chi connectivity index (χ3v) is 5.27. The maximum Gasteiger partial charge on any atom is 0.232 e. The molecule has 0 fully saturated rings. The number of allylic oxidation sites excluding steroid dienone is 1. The molecule has 0 aliphatic carbocycles. The summed E-state index contributed by atoms with van der Waals surface area (Å²) in [7, 11) is 1.60. The largest absolute Gasteiger partial charge is 0.507 e. The molecule has 0 unspecified atom stereocenters. The maximum atomic E-state index is 13.2. The van der Waals surface area contributed by atoms with Crippen molar-refractivity contribution >= 4 is 11.9 Å². The van der Waals surface area contributed by atoms with Crippen LogP contribution in [0.1, 0.15) is 54.7 Å². The van der Waals surface area contributed by atoms with Crippen molar-refractivity contribution in [3.63, 3.8) is 0 Å². The van der Waals surface area contributed by atoms with E-state index in [-0.39, 0.29) is 17.3 Å². The number of phenols is 1. The lowest BCUT2D eigenvalue weighted by atomic mass is 9.98. The van der Waals surface area contributed by atoms with Crippen molar-refractivity contribution in [3.05, 3.63) is 58.3 Å². The topological polar surface area (TPSA) is 59.0 Å². The summed E-state index contributed by atoms with van der Waals surface area (Å²) >= 11 is 0. The molecule has 0 saturated carbocycles. The molecule has 1 aliphatic rings. The fourth-order valence-corrected chi connectivity index (χ4v) is 4.12. The Kier molecular flexibility index (Phi) is 7.06. The number of methoxy groups -OCH3 is 1. The second-order valence-electron chi connectivity index (χ2n) is 9.06. The number of ketones is 1. The predicted octanol–water partition coefficient (Wildman–Crippen LogP) is 5.44. The van der Waals surface area contributed by atoms with Crippen LogP contribution in [0.4, 0.5) is 0 Å². The Morgan fingerprint density at radius 3 is 2.39 bits per heavy atom. The van der Waals surface area contributed by atoms with Crippen molar-refractivity contribution in [2.24, 2.45) is 11.8 Å². The summed E-state index contributed by atoms with van der Waals surface area (Å²) in [6, 6.07) is 9.16. The van der Waals surface area contributed by atoms with E-state index in [2.05, 4.69) is 32.6 Å². The van der Waals surface area contributed by atoms with E-state index >= 15 is 0 Å². The number of phenolic OH excluding ortho intramolecular Hbond substituents is 1. The molecule has 1 aliphatic heterocycles. The Labute approximate surface area is 185 Å². The highest BCUT2D eigenvalue weighted by atomic mass is 16.5. The molecule has 2 aromatic rings. The number of para-hydroxylation sites is 1. The fourth-order valence-electron chi connectivity index (χ4n) is 4.12. The SMILES string of the molecule is COc1ccccc1/C=C1/Oc2c(CN(CC(C)C)CC(C)C)c(O)cc(C)c2C1=O. The number of Topliss-reactive ketones (excluding diaryl/α,β-unsaturated/α-hetero) is 1. The van der Waals surface area contributed by atoms with Crippen LogP contribution in [-0.2, 0) is 6.54 Å². The van der Waals surface area contributed by atoms with Gasteiger partial charge in [0.25, 0.3) is 0 Å². The first kappa shape index (κ1) is 22.9. The lowest BCUT2D eigenvalue weighted by Gasteiger charge is -2.27. The molecule has 0 spiro atoms. The number of aromatic hydroxyl groups is 1. The predicted molar refractivity (Wildman–Crippen MR) is 124 cm³/mol. The highest BCUT2D eigenvalue weighted by Gasteiger charge is 2.34. The van der Waals surface area contributed by atoms with Crippen molar-refractivity contribution in [1.82, 2.24) is 4.90 Å². The molecule has 1 heterocycles. The van der Waals surface area contributed by atoms with E-state index < -0.39 is 0 Å². The zero-order valence-corrected chi connectivity index (χ0v) is 19.4. The summed E-state index contributed by atoms with van der Waals surface area (Å²) in [6.45, 7) is 12.9. The number of aryl methyl sites for hydroxylation is 1. The normalized spacial score (nSPS) is 14.6. The van der Waals surface area contributed by atoms with Crippen LogP contribution in [0.25, 0.3) is 6.08 Å². The third-order valence-electron chi connectivity index (χ3n) is 5.27. The number of benzene rings is 2.